The van der Waals surface area contributed by atoms with E-state index in [-0.39, 0.29) is 12.1 Å². The molecular formula is C6H14O2. The predicted octanol–water partition coefficient (Wildman–Crippen LogP) is 0.510. The van der Waals surface area contributed by atoms with Crippen LogP contribution >= 0.6 is 0 Å². The highest BCUT2D eigenvalue weighted by Gasteiger charge is 1.68. The maximum Gasteiger partial charge on any atom is 0.0465 e. The summed E-state index contributed by atoms with van der Waals surface area (Å²) in [7, 11) is 0. The molecule has 3 N–H and O–H groups in total. The highest BCUT2D eigenvalue weighted by Crippen LogP contribution is 1.82. The first-order valence-corrected chi connectivity index (χ1v) is 2.67. The van der Waals surface area contributed by atoms with Crippen LogP contribution in [0.15, 0.2) is 12.2 Å². The minimum absolute atomic E-state index is 0. The van der Waals surface area contributed by atoms with Gasteiger partial charge in [0.15, 0.2) is 0 Å². The van der Waals surface area contributed by atoms with Crippen LogP contribution in [-0.4, -0.2) is 17.2 Å². The van der Waals surface area contributed by atoms with Gasteiger partial charge < -0.3 is 10.6 Å². The SMILES string of the molecule is CC/C=C/CCO.O. The van der Waals surface area contributed by atoms with E-state index >= 15 is 0 Å². The second kappa shape index (κ2) is 9.83. The zero-order valence-corrected chi connectivity index (χ0v) is 5.22. The molecule has 0 fully saturated rings. The number of hydrogen-bond acceptors (Lipinski definition) is 1. The Kier molecular flexibility index (Phi) is 13.0. The number of rotatable bonds is 3. The Bertz CT molecular complexity index is 50.5. The first kappa shape index (κ1) is 10.6. The molecule has 0 aliphatic rings. The molecule has 0 aliphatic heterocycles. The second-order valence-electron chi connectivity index (χ2n) is 1.39. The van der Waals surface area contributed by atoms with E-state index in [1.54, 1.807) is 0 Å². The lowest BCUT2D eigenvalue weighted by atomic mass is 10.3. The standard InChI is InChI=1S/C6H12O.H2O/c1-2-3-4-5-6-7;/h3-4,7H,2,5-6H2,1H3;1H2/b4-3+;. The Morgan fingerprint density at radius 1 is 1.38 bits per heavy atom. The van der Waals surface area contributed by atoms with E-state index in [0.29, 0.717) is 0 Å². The fraction of sp³-hybridized carbons (Fsp3) is 0.667. The molecule has 0 spiro atoms. The van der Waals surface area contributed by atoms with Crippen molar-refractivity contribution in [1.82, 2.24) is 0 Å². The molecule has 0 atom stereocenters. The molecule has 0 bridgehead atoms. The molecule has 8 heavy (non-hydrogen) atoms. The van der Waals surface area contributed by atoms with Gasteiger partial charge in [0.25, 0.3) is 0 Å². The van der Waals surface area contributed by atoms with Crippen LogP contribution in [0, 0.1) is 0 Å². The van der Waals surface area contributed by atoms with Crippen molar-refractivity contribution in [3.8, 4) is 0 Å². The van der Waals surface area contributed by atoms with Crippen molar-refractivity contribution >= 4 is 0 Å². The molecule has 0 rings (SSSR count). The van der Waals surface area contributed by atoms with Gasteiger partial charge in [-0.2, -0.15) is 0 Å². The molecule has 0 saturated carbocycles. The molecule has 2 nitrogen and oxygen atoms in total. The van der Waals surface area contributed by atoms with Crippen LogP contribution in [0.4, 0.5) is 0 Å². The van der Waals surface area contributed by atoms with E-state index in [1.165, 1.54) is 0 Å². The Morgan fingerprint density at radius 2 is 2.00 bits per heavy atom. The summed E-state index contributed by atoms with van der Waals surface area (Å²) in [6.07, 6.45) is 5.91. The molecule has 0 heterocycles. The molecule has 0 radical (unpaired) electrons. The summed E-state index contributed by atoms with van der Waals surface area (Å²) >= 11 is 0. The smallest absolute Gasteiger partial charge is 0.0465 e. The predicted molar refractivity (Wildman–Crippen MR) is 34.7 cm³/mol. The zero-order valence-electron chi connectivity index (χ0n) is 5.22. The van der Waals surface area contributed by atoms with Gasteiger partial charge in [0.2, 0.25) is 0 Å². The molecular weight excluding hydrogens is 104 g/mol. The first-order chi connectivity index (χ1) is 3.41. The lowest BCUT2D eigenvalue weighted by Gasteiger charge is -1.79. The molecule has 50 valence electrons. The summed E-state index contributed by atoms with van der Waals surface area (Å²) in [6, 6.07) is 0. The molecule has 0 aromatic carbocycles. The van der Waals surface area contributed by atoms with Crippen molar-refractivity contribution in [2.45, 2.75) is 19.8 Å². The molecule has 0 saturated heterocycles. The van der Waals surface area contributed by atoms with E-state index in [0.717, 1.165) is 12.8 Å². The first-order valence-electron chi connectivity index (χ1n) is 2.67. The Balaban J connectivity index is 0. The molecule has 0 aromatic rings. The van der Waals surface area contributed by atoms with Crippen LogP contribution in [0.5, 0.6) is 0 Å². The van der Waals surface area contributed by atoms with Crippen molar-refractivity contribution in [1.29, 1.82) is 0 Å². The van der Waals surface area contributed by atoms with Crippen LogP contribution in [0.25, 0.3) is 0 Å². The van der Waals surface area contributed by atoms with Gasteiger partial charge in [0, 0.05) is 6.61 Å². The highest BCUT2D eigenvalue weighted by atomic mass is 16.2. The minimum atomic E-state index is 0. The third kappa shape index (κ3) is 9.18. The van der Waals surface area contributed by atoms with E-state index < -0.39 is 0 Å². The number of aliphatic hydroxyl groups is 1. The molecule has 0 unspecified atom stereocenters. The summed E-state index contributed by atoms with van der Waals surface area (Å²) in [5.41, 5.74) is 0. The van der Waals surface area contributed by atoms with Gasteiger partial charge in [-0.1, -0.05) is 19.1 Å². The van der Waals surface area contributed by atoms with Crippen molar-refractivity contribution in [3.63, 3.8) is 0 Å². The topological polar surface area (TPSA) is 51.7 Å². The van der Waals surface area contributed by atoms with Crippen LogP contribution in [0.3, 0.4) is 0 Å². The van der Waals surface area contributed by atoms with Gasteiger partial charge in [-0.3, -0.25) is 0 Å². The number of allylic oxidation sites excluding steroid dienone is 1. The van der Waals surface area contributed by atoms with E-state index in [9.17, 15) is 0 Å². The average Bonchev–Trinajstić information content (AvgIpc) is 1.69. The van der Waals surface area contributed by atoms with Gasteiger partial charge in [-0.25, -0.2) is 0 Å². The van der Waals surface area contributed by atoms with Crippen LogP contribution in [0.2, 0.25) is 0 Å². The van der Waals surface area contributed by atoms with Crippen molar-refractivity contribution < 1.29 is 10.6 Å². The maximum atomic E-state index is 8.24. The Hall–Kier alpha value is -0.340. The average molecular weight is 118 g/mol. The van der Waals surface area contributed by atoms with E-state index in [4.69, 9.17) is 5.11 Å². The van der Waals surface area contributed by atoms with Gasteiger partial charge in [0.1, 0.15) is 0 Å². The Morgan fingerprint density at radius 3 is 2.38 bits per heavy atom. The lowest BCUT2D eigenvalue weighted by molar-refractivity contribution is 0.302. The molecule has 0 aliphatic carbocycles. The van der Waals surface area contributed by atoms with E-state index in [2.05, 4.69) is 13.0 Å². The van der Waals surface area contributed by atoms with Crippen molar-refractivity contribution in [3.05, 3.63) is 12.2 Å². The zero-order chi connectivity index (χ0) is 5.54. The van der Waals surface area contributed by atoms with Crippen LogP contribution in [-0.2, 0) is 0 Å². The van der Waals surface area contributed by atoms with Gasteiger partial charge >= 0.3 is 0 Å². The monoisotopic (exact) mass is 118 g/mol. The lowest BCUT2D eigenvalue weighted by Crippen LogP contribution is -1.73. The Labute approximate surface area is 50.1 Å². The fourth-order valence-corrected chi connectivity index (χ4v) is 0.359. The molecule has 0 amide bonds. The van der Waals surface area contributed by atoms with Crippen molar-refractivity contribution in [2.24, 2.45) is 0 Å². The quantitative estimate of drug-likeness (QED) is 0.539. The highest BCUT2D eigenvalue weighted by molar-refractivity contribution is 4.79. The number of aliphatic hydroxyl groups excluding tert-OH is 1. The van der Waals surface area contributed by atoms with Gasteiger partial charge in [-0.05, 0) is 12.8 Å². The summed E-state index contributed by atoms with van der Waals surface area (Å²) in [5, 5.41) is 8.24. The normalized spacial score (nSPS) is 9.25. The van der Waals surface area contributed by atoms with E-state index in [1.807, 2.05) is 6.08 Å². The summed E-state index contributed by atoms with van der Waals surface area (Å²) in [6.45, 7) is 2.35. The fourth-order valence-electron chi connectivity index (χ4n) is 0.359. The van der Waals surface area contributed by atoms with Crippen molar-refractivity contribution in [2.75, 3.05) is 6.61 Å². The third-order valence-corrected chi connectivity index (χ3v) is 0.698. The van der Waals surface area contributed by atoms with Gasteiger partial charge in [0.05, 0.1) is 0 Å². The summed E-state index contributed by atoms with van der Waals surface area (Å²) in [5.74, 6) is 0. The molecule has 2 heteroatoms. The second-order valence-corrected chi connectivity index (χ2v) is 1.39. The van der Waals surface area contributed by atoms with Crippen LogP contribution in [0.1, 0.15) is 19.8 Å². The summed E-state index contributed by atoms with van der Waals surface area (Å²) < 4.78 is 0. The minimum Gasteiger partial charge on any atom is -0.412 e. The molecule has 0 aromatic heterocycles. The maximum absolute atomic E-state index is 8.24. The largest absolute Gasteiger partial charge is 0.412 e. The van der Waals surface area contributed by atoms with Crippen LogP contribution < -0.4 is 0 Å². The number of hydrogen-bond donors (Lipinski definition) is 1. The van der Waals surface area contributed by atoms with Gasteiger partial charge in [-0.15, -0.1) is 0 Å². The third-order valence-electron chi connectivity index (χ3n) is 0.698. The summed E-state index contributed by atoms with van der Waals surface area (Å²) in [4.78, 5) is 0.